The Labute approximate surface area is 97.3 Å². The maximum Gasteiger partial charge on any atom is 0.226 e. The van der Waals surface area contributed by atoms with Crippen molar-refractivity contribution in [1.82, 2.24) is 0 Å². The highest BCUT2D eigenvalue weighted by Gasteiger charge is 2.27. The van der Waals surface area contributed by atoms with Gasteiger partial charge in [0, 0.05) is 18.7 Å². The van der Waals surface area contributed by atoms with E-state index in [2.05, 4.69) is 13.8 Å². The summed E-state index contributed by atoms with van der Waals surface area (Å²) in [5.41, 5.74) is 1.32. The van der Waals surface area contributed by atoms with E-state index in [0.29, 0.717) is 11.8 Å². The Morgan fingerprint density at radius 2 is 1.81 bits per heavy atom. The van der Waals surface area contributed by atoms with Crippen LogP contribution in [0.15, 0.2) is 30.3 Å². The van der Waals surface area contributed by atoms with Gasteiger partial charge in [0.1, 0.15) is 0 Å². The van der Waals surface area contributed by atoms with Crippen LogP contribution in [0.3, 0.4) is 0 Å². The minimum atomic E-state index is 0.261. The minimum Gasteiger partial charge on any atom is -0.312 e. The summed E-state index contributed by atoms with van der Waals surface area (Å²) in [4.78, 5) is 14.0. The van der Waals surface area contributed by atoms with Crippen molar-refractivity contribution in [2.75, 3.05) is 11.4 Å². The van der Waals surface area contributed by atoms with E-state index in [9.17, 15) is 4.79 Å². The van der Waals surface area contributed by atoms with Crippen molar-refractivity contribution in [2.24, 2.45) is 5.41 Å². The molecule has 0 N–H and O–H groups in total. The average Bonchev–Trinajstić information content (AvgIpc) is 2.40. The second-order valence-electron chi connectivity index (χ2n) is 5.30. The van der Waals surface area contributed by atoms with E-state index in [1.807, 2.05) is 35.2 Å². The van der Waals surface area contributed by atoms with Gasteiger partial charge in [0.15, 0.2) is 0 Å². The molecule has 2 heteroatoms. The number of nitrogens with zero attached hydrogens (tertiary/aromatic N) is 1. The monoisotopic (exact) mass is 217 g/mol. The summed E-state index contributed by atoms with van der Waals surface area (Å²) in [7, 11) is 0. The van der Waals surface area contributed by atoms with Crippen molar-refractivity contribution >= 4 is 11.6 Å². The molecule has 0 bridgehead atoms. The highest BCUT2D eigenvalue weighted by atomic mass is 16.2. The van der Waals surface area contributed by atoms with Gasteiger partial charge in [-0.25, -0.2) is 0 Å². The van der Waals surface area contributed by atoms with E-state index in [-0.39, 0.29) is 5.91 Å². The maximum atomic E-state index is 12.0. The van der Waals surface area contributed by atoms with Gasteiger partial charge in [-0.05, 0) is 30.4 Å². The van der Waals surface area contributed by atoms with Gasteiger partial charge in [-0.3, -0.25) is 4.79 Å². The molecule has 1 saturated heterocycles. The Balaban J connectivity index is 2.19. The molecule has 1 fully saturated rings. The van der Waals surface area contributed by atoms with Crippen molar-refractivity contribution in [2.45, 2.75) is 33.1 Å². The van der Waals surface area contributed by atoms with Crippen molar-refractivity contribution in [3.05, 3.63) is 30.3 Å². The fourth-order valence-electron chi connectivity index (χ4n) is 2.13. The molecule has 1 heterocycles. The number of amides is 1. The Bertz CT molecular complexity index is 370. The molecule has 2 rings (SSSR count). The van der Waals surface area contributed by atoms with Crippen molar-refractivity contribution < 1.29 is 4.79 Å². The van der Waals surface area contributed by atoms with Crippen LogP contribution in [0.25, 0.3) is 0 Å². The van der Waals surface area contributed by atoms with Gasteiger partial charge in [0.05, 0.1) is 0 Å². The van der Waals surface area contributed by atoms with Gasteiger partial charge in [-0.1, -0.05) is 32.0 Å². The van der Waals surface area contributed by atoms with Crippen molar-refractivity contribution in [3.63, 3.8) is 0 Å². The predicted octanol–water partition coefficient (Wildman–Crippen LogP) is 3.23. The molecule has 1 aliphatic heterocycles. The molecule has 1 aromatic carbocycles. The fourth-order valence-corrected chi connectivity index (χ4v) is 2.13. The Hall–Kier alpha value is -1.31. The zero-order valence-corrected chi connectivity index (χ0v) is 10.1. The second-order valence-corrected chi connectivity index (χ2v) is 5.30. The molecule has 0 aromatic heterocycles. The van der Waals surface area contributed by atoms with Crippen LogP contribution in [0, 0.1) is 5.41 Å². The Morgan fingerprint density at radius 1 is 1.12 bits per heavy atom. The SMILES string of the molecule is CC1(C)CCC(=O)N(c2ccccc2)CC1. The molecule has 86 valence electrons. The topological polar surface area (TPSA) is 20.3 Å². The first-order valence-electron chi connectivity index (χ1n) is 5.94. The molecule has 0 aliphatic carbocycles. The number of para-hydroxylation sites is 1. The Kier molecular flexibility index (Phi) is 2.99. The molecular formula is C14H19NO. The summed E-state index contributed by atoms with van der Waals surface area (Å²) in [5.74, 6) is 0.261. The lowest BCUT2D eigenvalue weighted by Gasteiger charge is -2.23. The summed E-state index contributed by atoms with van der Waals surface area (Å²) in [6.07, 6.45) is 2.74. The van der Waals surface area contributed by atoms with E-state index in [0.717, 1.165) is 25.1 Å². The molecule has 1 amide bonds. The third kappa shape index (κ3) is 2.43. The van der Waals surface area contributed by atoms with E-state index in [4.69, 9.17) is 0 Å². The van der Waals surface area contributed by atoms with Crippen LogP contribution in [0.1, 0.15) is 33.1 Å². The quantitative estimate of drug-likeness (QED) is 0.707. The number of anilines is 1. The number of benzene rings is 1. The van der Waals surface area contributed by atoms with Crippen LogP contribution in [0.4, 0.5) is 5.69 Å². The summed E-state index contributed by atoms with van der Waals surface area (Å²) in [5, 5.41) is 0. The Morgan fingerprint density at radius 3 is 2.50 bits per heavy atom. The van der Waals surface area contributed by atoms with Gasteiger partial charge >= 0.3 is 0 Å². The van der Waals surface area contributed by atoms with Crippen LogP contribution in [-0.4, -0.2) is 12.5 Å². The maximum absolute atomic E-state index is 12.0. The van der Waals surface area contributed by atoms with E-state index < -0.39 is 0 Å². The summed E-state index contributed by atoms with van der Waals surface area (Å²) in [6, 6.07) is 9.97. The molecule has 2 nitrogen and oxygen atoms in total. The van der Waals surface area contributed by atoms with Gasteiger partial charge in [0.2, 0.25) is 5.91 Å². The van der Waals surface area contributed by atoms with Gasteiger partial charge in [-0.15, -0.1) is 0 Å². The summed E-state index contributed by atoms with van der Waals surface area (Å²) in [6.45, 7) is 5.33. The van der Waals surface area contributed by atoms with Crippen molar-refractivity contribution in [1.29, 1.82) is 0 Å². The first-order valence-corrected chi connectivity index (χ1v) is 5.94. The molecule has 1 aliphatic rings. The zero-order chi connectivity index (χ0) is 11.6. The molecular weight excluding hydrogens is 198 g/mol. The van der Waals surface area contributed by atoms with E-state index in [1.165, 1.54) is 0 Å². The third-order valence-corrected chi connectivity index (χ3v) is 3.40. The summed E-state index contributed by atoms with van der Waals surface area (Å²) >= 11 is 0. The second kappa shape index (κ2) is 4.28. The van der Waals surface area contributed by atoms with E-state index in [1.54, 1.807) is 0 Å². The highest BCUT2D eigenvalue weighted by molar-refractivity contribution is 5.93. The third-order valence-electron chi connectivity index (χ3n) is 3.40. The largest absolute Gasteiger partial charge is 0.312 e. The van der Waals surface area contributed by atoms with Crippen LogP contribution < -0.4 is 4.90 Å². The molecule has 1 aromatic rings. The van der Waals surface area contributed by atoms with E-state index >= 15 is 0 Å². The summed E-state index contributed by atoms with van der Waals surface area (Å²) < 4.78 is 0. The molecule has 0 atom stereocenters. The number of carbonyl (C=O) groups is 1. The lowest BCUT2D eigenvalue weighted by atomic mass is 9.85. The highest BCUT2D eigenvalue weighted by Crippen LogP contribution is 2.32. The number of rotatable bonds is 1. The molecule has 0 saturated carbocycles. The molecule has 0 unspecified atom stereocenters. The molecule has 0 spiro atoms. The van der Waals surface area contributed by atoms with Gasteiger partial charge < -0.3 is 4.90 Å². The van der Waals surface area contributed by atoms with Crippen molar-refractivity contribution in [3.8, 4) is 0 Å². The molecule has 16 heavy (non-hydrogen) atoms. The minimum absolute atomic E-state index is 0.261. The van der Waals surface area contributed by atoms with Crippen LogP contribution in [-0.2, 0) is 4.79 Å². The zero-order valence-electron chi connectivity index (χ0n) is 10.1. The fraction of sp³-hybridized carbons (Fsp3) is 0.500. The van der Waals surface area contributed by atoms with Gasteiger partial charge in [-0.2, -0.15) is 0 Å². The van der Waals surface area contributed by atoms with Gasteiger partial charge in [0.25, 0.3) is 0 Å². The van der Waals surface area contributed by atoms with Crippen LogP contribution >= 0.6 is 0 Å². The standard InChI is InChI=1S/C14H19NO/c1-14(2)9-8-13(16)15(11-10-14)12-6-4-3-5-7-12/h3-7H,8-11H2,1-2H3. The number of hydrogen-bond donors (Lipinski definition) is 0. The smallest absolute Gasteiger partial charge is 0.226 e. The normalized spacial score (nSPS) is 20.6. The lowest BCUT2D eigenvalue weighted by Crippen LogP contribution is -2.30. The first kappa shape index (κ1) is 11.2. The predicted molar refractivity (Wildman–Crippen MR) is 66.4 cm³/mol. The number of carbonyl (C=O) groups excluding carboxylic acids is 1. The average molecular weight is 217 g/mol. The lowest BCUT2D eigenvalue weighted by molar-refractivity contribution is -0.118. The molecule has 0 radical (unpaired) electrons. The first-order chi connectivity index (χ1) is 7.58. The van der Waals surface area contributed by atoms with Crippen LogP contribution in [0.5, 0.6) is 0 Å². The van der Waals surface area contributed by atoms with Crippen LogP contribution in [0.2, 0.25) is 0 Å². The number of hydrogen-bond acceptors (Lipinski definition) is 1.